The molecule has 9 heteroatoms. The van der Waals surface area contributed by atoms with E-state index in [0.29, 0.717) is 16.1 Å². The van der Waals surface area contributed by atoms with Gasteiger partial charge in [-0.15, -0.1) is 0 Å². The first kappa shape index (κ1) is 22.4. The topological polar surface area (TPSA) is 58.4 Å². The Labute approximate surface area is 188 Å². The first-order valence-corrected chi connectivity index (χ1v) is 10.5. The number of aromatic nitrogens is 2. The molecule has 1 saturated heterocycles. The zero-order chi connectivity index (χ0) is 22.9. The summed E-state index contributed by atoms with van der Waals surface area (Å²) in [7, 11) is 0. The summed E-state index contributed by atoms with van der Waals surface area (Å²) in [6.45, 7) is 0.317. The number of carbonyl (C=O) groups is 1. The van der Waals surface area contributed by atoms with Gasteiger partial charge in [-0.2, -0.15) is 18.3 Å². The number of amides is 1. The Morgan fingerprint density at radius 1 is 1.06 bits per heavy atom. The summed E-state index contributed by atoms with van der Waals surface area (Å²) in [6.07, 6.45) is -2.85. The maximum atomic E-state index is 13.9. The predicted octanol–water partition coefficient (Wildman–Crippen LogP) is 4.75. The standard InChI is InChI=1S/C23H21ClF3N3O2/c24-17-6-8-18(9-7-17)30-20(23(25,26)27)19(15-28-30)21(31)29-12-10-22(32,11-13-29)14-16-4-2-1-3-5-16/h1-9,15,32H,10-14H2. The quantitative estimate of drug-likeness (QED) is 0.607. The van der Waals surface area contributed by atoms with E-state index >= 15 is 0 Å². The molecule has 1 N–H and O–H groups in total. The summed E-state index contributed by atoms with van der Waals surface area (Å²) in [4.78, 5) is 14.4. The average Bonchev–Trinajstić information content (AvgIpc) is 3.21. The van der Waals surface area contributed by atoms with Gasteiger partial charge < -0.3 is 10.0 Å². The maximum Gasteiger partial charge on any atom is 0.434 e. The van der Waals surface area contributed by atoms with E-state index in [-0.39, 0.29) is 31.6 Å². The molecule has 1 amide bonds. The minimum atomic E-state index is -4.79. The molecular weight excluding hydrogens is 443 g/mol. The van der Waals surface area contributed by atoms with Crippen molar-refractivity contribution in [2.24, 2.45) is 0 Å². The van der Waals surface area contributed by atoms with E-state index in [4.69, 9.17) is 11.6 Å². The van der Waals surface area contributed by atoms with Crippen LogP contribution in [0.25, 0.3) is 5.69 Å². The van der Waals surface area contributed by atoms with Crippen molar-refractivity contribution in [1.29, 1.82) is 0 Å². The van der Waals surface area contributed by atoms with Gasteiger partial charge in [-0.25, -0.2) is 4.68 Å². The number of likely N-dealkylation sites (tertiary alicyclic amines) is 1. The van der Waals surface area contributed by atoms with Crippen LogP contribution in [0.4, 0.5) is 13.2 Å². The van der Waals surface area contributed by atoms with Gasteiger partial charge >= 0.3 is 6.18 Å². The predicted molar refractivity (Wildman–Crippen MR) is 114 cm³/mol. The van der Waals surface area contributed by atoms with Crippen LogP contribution >= 0.6 is 11.6 Å². The van der Waals surface area contributed by atoms with Crippen LogP contribution in [-0.4, -0.2) is 44.4 Å². The second-order valence-electron chi connectivity index (χ2n) is 7.97. The normalized spacial score (nSPS) is 16.2. The highest BCUT2D eigenvalue weighted by Gasteiger charge is 2.42. The zero-order valence-electron chi connectivity index (χ0n) is 17.0. The number of alkyl halides is 3. The third-order valence-corrected chi connectivity index (χ3v) is 5.95. The molecule has 4 rings (SSSR count). The van der Waals surface area contributed by atoms with E-state index in [0.717, 1.165) is 11.8 Å². The van der Waals surface area contributed by atoms with Crippen LogP contribution in [0.5, 0.6) is 0 Å². The lowest BCUT2D eigenvalue weighted by molar-refractivity contribution is -0.143. The molecule has 0 bridgehead atoms. The molecule has 1 aromatic heterocycles. The molecule has 2 heterocycles. The Balaban J connectivity index is 1.54. The number of aliphatic hydroxyl groups is 1. The number of halogens is 4. The molecule has 5 nitrogen and oxygen atoms in total. The fourth-order valence-electron chi connectivity index (χ4n) is 4.00. The molecule has 0 unspecified atom stereocenters. The monoisotopic (exact) mass is 463 g/mol. The van der Waals surface area contributed by atoms with E-state index < -0.39 is 28.9 Å². The number of rotatable bonds is 4. The zero-order valence-corrected chi connectivity index (χ0v) is 17.8. The highest BCUT2D eigenvalue weighted by molar-refractivity contribution is 6.30. The van der Waals surface area contributed by atoms with Gasteiger partial charge in [0.1, 0.15) is 0 Å². The van der Waals surface area contributed by atoms with E-state index in [9.17, 15) is 23.1 Å². The van der Waals surface area contributed by atoms with E-state index in [1.807, 2.05) is 30.3 Å². The van der Waals surface area contributed by atoms with Crippen LogP contribution in [0.3, 0.4) is 0 Å². The van der Waals surface area contributed by atoms with E-state index in [2.05, 4.69) is 5.10 Å². The Hall–Kier alpha value is -2.84. The van der Waals surface area contributed by atoms with Gasteiger partial charge in [0.05, 0.1) is 23.0 Å². The molecule has 0 saturated carbocycles. The first-order chi connectivity index (χ1) is 15.2. The second-order valence-corrected chi connectivity index (χ2v) is 8.41. The minimum absolute atomic E-state index is 0.150. The number of hydrogen-bond donors (Lipinski definition) is 1. The van der Waals surface area contributed by atoms with Gasteiger partial charge in [0, 0.05) is 24.5 Å². The molecule has 2 aromatic carbocycles. The molecule has 0 radical (unpaired) electrons. The lowest BCUT2D eigenvalue weighted by atomic mass is 9.85. The van der Waals surface area contributed by atoms with Gasteiger partial charge in [0.2, 0.25) is 0 Å². The summed E-state index contributed by atoms with van der Waals surface area (Å²) in [5.41, 5.74) is -1.52. The molecule has 0 aliphatic carbocycles. The lowest BCUT2D eigenvalue weighted by Gasteiger charge is -2.38. The number of carbonyl (C=O) groups excluding carboxylic acids is 1. The average molecular weight is 464 g/mol. The second kappa shape index (κ2) is 8.60. The molecular formula is C23H21ClF3N3O2. The highest BCUT2D eigenvalue weighted by atomic mass is 35.5. The Bertz CT molecular complexity index is 1090. The molecule has 1 aliphatic rings. The SMILES string of the molecule is O=C(c1cnn(-c2ccc(Cl)cc2)c1C(F)(F)F)N1CCC(O)(Cc2ccccc2)CC1. The molecule has 32 heavy (non-hydrogen) atoms. The van der Waals surface area contributed by atoms with Crippen LogP contribution in [-0.2, 0) is 12.6 Å². The fraction of sp³-hybridized carbons (Fsp3) is 0.304. The van der Waals surface area contributed by atoms with E-state index in [1.165, 1.54) is 29.2 Å². The van der Waals surface area contributed by atoms with E-state index in [1.54, 1.807) is 0 Å². The van der Waals surface area contributed by atoms with Gasteiger partial charge in [0.25, 0.3) is 5.91 Å². The van der Waals surface area contributed by atoms with Crippen molar-refractivity contribution < 1.29 is 23.1 Å². The summed E-state index contributed by atoms with van der Waals surface area (Å²) in [6, 6.07) is 15.2. The van der Waals surface area contributed by atoms with Crippen molar-refractivity contribution in [3.63, 3.8) is 0 Å². The van der Waals surface area contributed by atoms with Gasteiger partial charge in [0.15, 0.2) is 5.69 Å². The van der Waals surface area contributed by atoms with Crippen LogP contribution < -0.4 is 0 Å². The summed E-state index contributed by atoms with van der Waals surface area (Å²) < 4.78 is 42.4. The third-order valence-electron chi connectivity index (χ3n) is 5.70. The minimum Gasteiger partial charge on any atom is -0.389 e. The Morgan fingerprint density at radius 2 is 1.69 bits per heavy atom. The summed E-state index contributed by atoms with van der Waals surface area (Å²) >= 11 is 5.83. The van der Waals surface area contributed by atoms with Crippen molar-refractivity contribution in [2.75, 3.05) is 13.1 Å². The Kier molecular flexibility index (Phi) is 6.01. The van der Waals surface area contributed by atoms with Crippen molar-refractivity contribution in [1.82, 2.24) is 14.7 Å². The molecule has 0 atom stereocenters. The fourth-order valence-corrected chi connectivity index (χ4v) is 4.13. The Morgan fingerprint density at radius 3 is 2.28 bits per heavy atom. The number of hydrogen-bond acceptors (Lipinski definition) is 3. The van der Waals surface area contributed by atoms with Gasteiger partial charge in [-0.05, 0) is 42.7 Å². The number of piperidine rings is 1. The summed E-state index contributed by atoms with van der Waals surface area (Å²) in [5, 5.41) is 15.1. The molecule has 168 valence electrons. The first-order valence-electron chi connectivity index (χ1n) is 10.1. The smallest absolute Gasteiger partial charge is 0.389 e. The van der Waals surface area contributed by atoms with Gasteiger partial charge in [-0.3, -0.25) is 4.79 Å². The number of benzene rings is 2. The van der Waals surface area contributed by atoms with Crippen molar-refractivity contribution in [3.8, 4) is 5.69 Å². The van der Waals surface area contributed by atoms with Crippen molar-refractivity contribution in [3.05, 3.63) is 82.6 Å². The summed E-state index contributed by atoms with van der Waals surface area (Å²) in [5.74, 6) is -0.751. The highest BCUT2D eigenvalue weighted by Crippen LogP contribution is 2.35. The van der Waals surface area contributed by atoms with Gasteiger partial charge in [-0.1, -0.05) is 41.9 Å². The maximum absolute atomic E-state index is 13.9. The largest absolute Gasteiger partial charge is 0.434 e. The van der Waals surface area contributed by atoms with Crippen LogP contribution in [0.15, 0.2) is 60.8 Å². The molecule has 1 fully saturated rings. The van der Waals surface area contributed by atoms with Crippen molar-refractivity contribution >= 4 is 17.5 Å². The van der Waals surface area contributed by atoms with Crippen LogP contribution in [0.2, 0.25) is 5.02 Å². The molecule has 0 spiro atoms. The molecule has 1 aliphatic heterocycles. The number of nitrogens with zero attached hydrogens (tertiary/aromatic N) is 3. The van der Waals surface area contributed by atoms with Crippen molar-refractivity contribution in [2.45, 2.75) is 31.0 Å². The van der Waals surface area contributed by atoms with Crippen LogP contribution in [0, 0.1) is 0 Å². The van der Waals surface area contributed by atoms with Crippen LogP contribution in [0.1, 0.15) is 34.5 Å². The third kappa shape index (κ3) is 4.66. The lowest BCUT2D eigenvalue weighted by Crippen LogP contribution is -2.48. The molecule has 3 aromatic rings.